The number of allylic oxidation sites excluding steroid dienone is 1. The average molecular weight is 445 g/mol. The molecule has 0 bridgehead atoms. The summed E-state index contributed by atoms with van der Waals surface area (Å²) in [7, 11) is 0. The summed E-state index contributed by atoms with van der Waals surface area (Å²) in [6.07, 6.45) is 15.1. The van der Waals surface area contributed by atoms with E-state index in [2.05, 4.69) is 61.8 Å². The van der Waals surface area contributed by atoms with Crippen LogP contribution in [-0.2, 0) is 4.74 Å². The quantitative estimate of drug-likeness (QED) is 0.189. The smallest absolute Gasteiger partial charge is 0.119 e. The van der Waals surface area contributed by atoms with Gasteiger partial charge in [-0.1, -0.05) is 56.7 Å². The lowest BCUT2D eigenvalue weighted by molar-refractivity contribution is 0.0566. The van der Waals surface area contributed by atoms with E-state index in [0.717, 1.165) is 59.5 Å². The van der Waals surface area contributed by atoms with Crippen LogP contribution in [0.5, 0.6) is 5.75 Å². The van der Waals surface area contributed by atoms with Gasteiger partial charge in [0.2, 0.25) is 0 Å². The van der Waals surface area contributed by atoms with Crippen molar-refractivity contribution in [1.82, 2.24) is 9.97 Å². The van der Waals surface area contributed by atoms with Gasteiger partial charge < -0.3 is 9.47 Å². The van der Waals surface area contributed by atoms with E-state index in [1.807, 2.05) is 24.4 Å². The monoisotopic (exact) mass is 444 g/mol. The van der Waals surface area contributed by atoms with Crippen LogP contribution in [0.25, 0.3) is 28.2 Å². The van der Waals surface area contributed by atoms with Gasteiger partial charge in [0.05, 0.1) is 29.0 Å². The van der Waals surface area contributed by atoms with E-state index in [1.165, 1.54) is 19.3 Å². The van der Waals surface area contributed by atoms with Crippen molar-refractivity contribution in [2.45, 2.75) is 58.5 Å². The number of aromatic nitrogens is 2. The van der Waals surface area contributed by atoms with Gasteiger partial charge in [-0.05, 0) is 74.1 Å². The highest BCUT2D eigenvalue weighted by Crippen LogP contribution is 2.25. The van der Waals surface area contributed by atoms with Crippen molar-refractivity contribution in [2.24, 2.45) is 0 Å². The first-order valence-corrected chi connectivity index (χ1v) is 12.1. The summed E-state index contributed by atoms with van der Waals surface area (Å²) in [4.78, 5) is 9.38. The number of hydrogen-bond acceptors (Lipinski definition) is 4. The SMILES string of the molecule is C=CCOc1ccc(-c2ccc3nc(/C=C/CCCC(C)OCCCCC)cnc3c2)cc1. The molecule has 33 heavy (non-hydrogen) atoms. The standard InChI is InChI=1S/C29H36N2O2/c1-4-6-10-20-32-23(3)11-8-7-9-12-26-22-30-29-21-25(15-18-28(29)31-26)24-13-16-27(17-14-24)33-19-5-2/h5,9,12-18,21-23H,2,4,6-8,10-11,19-20H2,1,3H3/b12-9+. The Kier molecular flexibility index (Phi) is 10.1. The lowest BCUT2D eigenvalue weighted by Crippen LogP contribution is -2.08. The first-order valence-electron chi connectivity index (χ1n) is 12.1. The number of fused-ring (bicyclic) bond motifs is 1. The van der Waals surface area contributed by atoms with Crippen LogP contribution < -0.4 is 4.74 Å². The molecule has 1 heterocycles. The largest absolute Gasteiger partial charge is 0.490 e. The number of hydrogen-bond donors (Lipinski definition) is 0. The van der Waals surface area contributed by atoms with E-state index < -0.39 is 0 Å². The fourth-order valence-electron chi connectivity index (χ4n) is 3.63. The molecule has 1 atom stereocenters. The highest BCUT2D eigenvalue weighted by molar-refractivity contribution is 5.82. The summed E-state index contributed by atoms with van der Waals surface area (Å²) < 4.78 is 11.4. The Labute approximate surface area is 198 Å². The predicted molar refractivity (Wildman–Crippen MR) is 138 cm³/mol. The fraction of sp³-hybridized carbons (Fsp3) is 0.379. The molecule has 1 aromatic heterocycles. The fourth-order valence-corrected chi connectivity index (χ4v) is 3.63. The summed E-state index contributed by atoms with van der Waals surface area (Å²) in [5, 5.41) is 0. The van der Waals surface area contributed by atoms with Crippen molar-refractivity contribution >= 4 is 17.1 Å². The maximum Gasteiger partial charge on any atom is 0.119 e. The van der Waals surface area contributed by atoms with Gasteiger partial charge in [0, 0.05) is 6.61 Å². The van der Waals surface area contributed by atoms with Crippen molar-refractivity contribution in [3.8, 4) is 16.9 Å². The van der Waals surface area contributed by atoms with Gasteiger partial charge in [0.1, 0.15) is 12.4 Å². The molecule has 0 radical (unpaired) electrons. The third-order valence-electron chi connectivity index (χ3n) is 5.54. The number of rotatable bonds is 14. The molecule has 0 N–H and O–H groups in total. The first-order chi connectivity index (χ1) is 16.2. The van der Waals surface area contributed by atoms with Crippen LogP contribution in [0.4, 0.5) is 0 Å². The molecule has 0 aliphatic carbocycles. The molecule has 0 spiro atoms. The van der Waals surface area contributed by atoms with Crippen LogP contribution in [0.15, 0.2) is 67.4 Å². The second-order valence-corrected chi connectivity index (χ2v) is 8.34. The third kappa shape index (κ3) is 8.14. The zero-order valence-electron chi connectivity index (χ0n) is 20.0. The van der Waals surface area contributed by atoms with Gasteiger partial charge in [-0.25, -0.2) is 4.98 Å². The van der Waals surface area contributed by atoms with Crippen molar-refractivity contribution in [2.75, 3.05) is 13.2 Å². The molecular formula is C29H36N2O2. The van der Waals surface area contributed by atoms with E-state index >= 15 is 0 Å². The normalized spacial score (nSPS) is 12.3. The molecular weight excluding hydrogens is 408 g/mol. The summed E-state index contributed by atoms with van der Waals surface area (Å²) in [5.74, 6) is 0.838. The van der Waals surface area contributed by atoms with Gasteiger partial charge in [0.15, 0.2) is 0 Å². The minimum Gasteiger partial charge on any atom is -0.490 e. The van der Waals surface area contributed by atoms with Crippen molar-refractivity contribution in [3.05, 3.63) is 73.1 Å². The number of ether oxygens (including phenoxy) is 2. The van der Waals surface area contributed by atoms with E-state index in [4.69, 9.17) is 14.5 Å². The van der Waals surface area contributed by atoms with Gasteiger partial charge in [0.25, 0.3) is 0 Å². The second-order valence-electron chi connectivity index (χ2n) is 8.34. The minimum atomic E-state index is 0.334. The van der Waals surface area contributed by atoms with Gasteiger partial charge >= 0.3 is 0 Å². The maximum absolute atomic E-state index is 5.86. The molecule has 174 valence electrons. The van der Waals surface area contributed by atoms with Crippen molar-refractivity contribution in [3.63, 3.8) is 0 Å². The Morgan fingerprint density at radius 3 is 2.61 bits per heavy atom. The lowest BCUT2D eigenvalue weighted by Gasteiger charge is -2.11. The van der Waals surface area contributed by atoms with Crippen LogP contribution in [-0.4, -0.2) is 29.3 Å². The van der Waals surface area contributed by atoms with Crippen LogP contribution in [0.1, 0.15) is 58.1 Å². The molecule has 0 aliphatic heterocycles. The number of unbranched alkanes of at least 4 members (excludes halogenated alkanes) is 3. The second kappa shape index (κ2) is 13.5. The van der Waals surface area contributed by atoms with E-state index in [0.29, 0.717) is 12.7 Å². The van der Waals surface area contributed by atoms with E-state index in [9.17, 15) is 0 Å². The Bertz CT molecular complexity index is 1030. The Hall–Kier alpha value is -2.98. The molecule has 4 nitrogen and oxygen atoms in total. The Morgan fingerprint density at radius 2 is 1.82 bits per heavy atom. The number of benzene rings is 2. The molecule has 0 amide bonds. The molecule has 4 heteroatoms. The Balaban J connectivity index is 1.51. The Morgan fingerprint density at radius 1 is 1.00 bits per heavy atom. The molecule has 0 fully saturated rings. The predicted octanol–water partition coefficient (Wildman–Crippen LogP) is 7.64. The third-order valence-corrected chi connectivity index (χ3v) is 5.54. The maximum atomic E-state index is 5.86. The van der Waals surface area contributed by atoms with Crippen LogP contribution in [0.3, 0.4) is 0 Å². The van der Waals surface area contributed by atoms with E-state index in [1.54, 1.807) is 6.08 Å². The average Bonchev–Trinajstić information content (AvgIpc) is 2.85. The first kappa shape index (κ1) is 24.7. The lowest BCUT2D eigenvalue weighted by atomic mass is 10.0. The highest BCUT2D eigenvalue weighted by Gasteiger charge is 2.04. The molecule has 3 aromatic rings. The highest BCUT2D eigenvalue weighted by atomic mass is 16.5. The minimum absolute atomic E-state index is 0.334. The molecule has 1 unspecified atom stereocenters. The zero-order chi connectivity index (χ0) is 23.3. The van der Waals surface area contributed by atoms with E-state index in [-0.39, 0.29) is 0 Å². The van der Waals surface area contributed by atoms with Crippen molar-refractivity contribution < 1.29 is 9.47 Å². The van der Waals surface area contributed by atoms with Crippen LogP contribution in [0.2, 0.25) is 0 Å². The number of nitrogens with zero attached hydrogens (tertiary/aromatic N) is 2. The zero-order valence-corrected chi connectivity index (χ0v) is 20.0. The summed E-state index contributed by atoms with van der Waals surface area (Å²) in [6, 6.07) is 14.3. The molecule has 0 saturated heterocycles. The summed E-state index contributed by atoms with van der Waals surface area (Å²) in [6.45, 7) is 9.45. The van der Waals surface area contributed by atoms with Crippen LogP contribution >= 0.6 is 0 Å². The summed E-state index contributed by atoms with van der Waals surface area (Å²) >= 11 is 0. The van der Waals surface area contributed by atoms with Crippen molar-refractivity contribution in [1.29, 1.82) is 0 Å². The summed E-state index contributed by atoms with van der Waals surface area (Å²) in [5.41, 5.74) is 4.92. The molecule has 2 aromatic carbocycles. The molecule has 0 aliphatic rings. The molecule has 3 rings (SSSR count). The molecule has 0 saturated carbocycles. The van der Waals surface area contributed by atoms with Gasteiger partial charge in [-0.15, -0.1) is 0 Å². The topological polar surface area (TPSA) is 44.2 Å². The van der Waals surface area contributed by atoms with Crippen LogP contribution in [0, 0.1) is 0 Å². The van der Waals surface area contributed by atoms with Gasteiger partial charge in [-0.3, -0.25) is 4.98 Å². The van der Waals surface area contributed by atoms with Gasteiger partial charge in [-0.2, -0.15) is 0 Å².